The maximum absolute atomic E-state index is 10.7. The fraction of sp³-hybridized carbons (Fsp3) is 0.667. The molecular formula is C9H20N2O4P+. The SMILES string of the molecule is CC[n+]1ccn(C)c1.COP(=O)(OC)OC. The molecule has 0 atom stereocenters. The molecule has 0 spiro atoms. The fourth-order valence-electron chi connectivity index (χ4n) is 0.912. The summed E-state index contributed by atoms with van der Waals surface area (Å²) in [5.41, 5.74) is 0. The van der Waals surface area contributed by atoms with Crippen LogP contribution in [-0.2, 0) is 31.7 Å². The van der Waals surface area contributed by atoms with Gasteiger partial charge in [-0.2, -0.15) is 0 Å². The van der Waals surface area contributed by atoms with Crippen LogP contribution >= 0.6 is 7.82 Å². The molecular weight excluding hydrogens is 231 g/mol. The molecule has 0 N–H and O–H groups in total. The predicted octanol–water partition coefficient (Wildman–Crippen LogP) is 1.37. The second-order valence-corrected chi connectivity index (χ2v) is 4.89. The number of aryl methyl sites for hydroxylation is 2. The second-order valence-electron chi connectivity index (χ2n) is 2.90. The van der Waals surface area contributed by atoms with Gasteiger partial charge in [0, 0.05) is 21.3 Å². The van der Waals surface area contributed by atoms with Crippen molar-refractivity contribution in [2.24, 2.45) is 7.05 Å². The van der Waals surface area contributed by atoms with Crippen molar-refractivity contribution < 1.29 is 22.7 Å². The van der Waals surface area contributed by atoms with Gasteiger partial charge in [-0.25, -0.2) is 13.7 Å². The first-order chi connectivity index (χ1) is 7.51. The highest BCUT2D eigenvalue weighted by Crippen LogP contribution is 2.46. The summed E-state index contributed by atoms with van der Waals surface area (Å²) < 4.78 is 27.9. The minimum Gasteiger partial charge on any atom is -0.290 e. The van der Waals surface area contributed by atoms with Crippen LogP contribution in [0.15, 0.2) is 18.7 Å². The number of nitrogens with zero attached hydrogens (tertiary/aromatic N) is 2. The summed E-state index contributed by atoms with van der Waals surface area (Å²) in [4.78, 5) is 0. The van der Waals surface area contributed by atoms with E-state index in [-0.39, 0.29) is 0 Å². The van der Waals surface area contributed by atoms with Gasteiger partial charge in [0.2, 0.25) is 6.33 Å². The van der Waals surface area contributed by atoms with Gasteiger partial charge in [-0.1, -0.05) is 0 Å². The number of phosphoric acid groups is 1. The summed E-state index contributed by atoms with van der Waals surface area (Å²) in [6.45, 7) is 3.18. The quantitative estimate of drug-likeness (QED) is 0.599. The van der Waals surface area contributed by atoms with Crippen LogP contribution in [0, 0.1) is 0 Å². The van der Waals surface area contributed by atoms with Crippen LogP contribution in [-0.4, -0.2) is 25.9 Å². The van der Waals surface area contributed by atoms with Gasteiger partial charge in [-0.3, -0.25) is 13.6 Å². The third-order valence-corrected chi connectivity index (χ3v) is 3.20. The predicted molar refractivity (Wildman–Crippen MR) is 59.9 cm³/mol. The minimum atomic E-state index is -3.16. The summed E-state index contributed by atoms with van der Waals surface area (Å²) in [6.07, 6.45) is 6.14. The Morgan fingerprint density at radius 3 is 1.88 bits per heavy atom. The zero-order valence-electron chi connectivity index (χ0n) is 10.4. The molecule has 0 aliphatic carbocycles. The standard InChI is InChI=1S/C6H11N2.C3H9O4P/c1-3-8-5-4-7(2)6-8;1-5-8(4,6-2)7-3/h4-6H,3H2,1-2H3;1-3H3/q+1;. The molecule has 0 aromatic carbocycles. The molecule has 0 aliphatic heterocycles. The normalized spacial score (nSPS) is 10.8. The maximum atomic E-state index is 10.7. The molecule has 1 rings (SSSR count). The van der Waals surface area contributed by atoms with E-state index in [1.807, 2.05) is 17.8 Å². The molecule has 1 heterocycles. The van der Waals surface area contributed by atoms with Gasteiger partial charge in [0.1, 0.15) is 12.4 Å². The summed E-state index contributed by atoms with van der Waals surface area (Å²) in [7, 11) is 2.63. The minimum absolute atomic E-state index is 1.06. The number of hydrogen-bond acceptors (Lipinski definition) is 4. The Morgan fingerprint density at radius 2 is 1.75 bits per heavy atom. The topological polar surface area (TPSA) is 53.6 Å². The van der Waals surface area contributed by atoms with Crippen LogP contribution in [0.3, 0.4) is 0 Å². The van der Waals surface area contributed by atoms with Gasteiger partial charge < -0.3 is 0 Å². The van der Waals surface area contributed by atoms with E-state index in [2.05, 4.69) is 37.6 Å². The molecule has 0 saturated heterocycles. The molecule has 7 heteroatoms. The van der Waals surface area contributed by atoms with Crippen molar-refractivity contribution in [2.45, 2.75) is 13.5 Å². The Labute approximate surface area is 96.4 Å². The van der Waals surface area contributed by atoms with E-state index < -0.39 is 7.82 Å². The summed E-state index contributed by atoms with van der Waals surface area (Å²) in [5.74, 6) is 0. The largest absolute Gasteiger partial charge is 0.473 e. The molecule has 0 amide bonds. The van der Waals surface area contributed by atoms with E-state index in [4.69, 9.17) is 0 Å². The van der Waals surface area contributed by atoms with E-state index in [9.17, 15) is 4.57 Å². The van der Waals surface area contributed by atoms with E-state index >= 15 is 0 Å². The van der Waals surface area contributed by atoms with Crippen molar-refractivity contribution >= 4 is 7.82 Å². The number of imidazole rings is 1. The molecule has 1 aromatic rings. The molecule has 0 saturated carbocycles. The first-order valence-corrected chi connectivity index (χ1v) is 6.25. The lowest BCUT2D eigenvalue weighted by atomic mass is 10.7. The highest BCUT2D eigenvalue weighted by Gasteiger charge is 2.18. The molecule has 0 aliphatic rings. The zero-order valence-corrected chi connectivity index (χ0v) is 11.3. The lowest BCUT2D eigenvalue weighted by Crippen LogP contribution is -2.28. The average Bonchev–Trinajstić information content (AvgIpc) is 2.75. The van der Waals surface area contributed by atoms with Gasteiger partial charge in [0.05, 0.1) is 13.6 Å². The van der Waals surface area contributed by atoms with E-state index in [1.165, 1.54) is 21.3 Å². The second kappa shape index (κ2) is 7.57. The van der Waals surface area contributed by atoms with Crippen LogP contribution in [0.25, 0.3) is 0 Å². The number of rotatable bonds is 4. The van der Waals surface area contributed by atoms with Crippen molar-refractivity contribution in [3.63, 3.8) is 0 Å². The molecule has 16 heavy (non-hydrogen) atoms. The highest BCUT2D eigenvalue weighted by molar-refractivity contribution is 7.48. The van der Waals surface area contributed by atoms with Gasteiger partial charge in [0.25, 0.3) is 0 Å². The number of aromatic nitrogens is 2. The van der Waals surface area contributed by atoms with Crippen molar-refractivity contribution in [2.75, 3.05) is 21.3 Å². The third kappa shape index (κ3) is 5.42. The molecule has 0 radical (unpaired) electrons. The smallest absolute Gasteiger partial charge is 0.290 e. The Morgan fingerprint density at radius 1 is 1.25 bits per heavy atom. The Kier molecular flexibility index (Phi) is 7.25. The van der Waals surface area contributed by atoms with Crippen LogP contribution in [0.2, 0.25) is 0 Å². The summed E-state index contributed by atoms with van der Waals surface area (Å²) in [5, 5.41) is 0. The Bertz CT molecular complexity index is 321. The molecule has 0 fully saturated rings. The maximum Gasteiger partial charge on any atom is 0.473 e. The summed E-state index contributed by atoms with van der Waals surface area (Å²) >= 11 is 0. The van der Waals surface area contributed by atoms with Crippen LogP contribution in [0.1, 0.15) is 6.92 Å². The number of hydrogen-bond donors (Lipinski definition) is 0. The van der Waals surface area contributed by atoms with Gasteiger partial charge in [-0.15, -0.1) is 0 Å². The first kappa shape index (κ1) is 15.3. The van der Waals surface area contributed by atoms with E-state index in [0.29, 0.717) is 0 Å². The van der Waals surface area contributed by atoms with Gasteiger partial charge in [0.15, 0.2) is 0 Å². The van der Waals surface area contributed by atoms with Crippen LogP contribution in [0.5, 0.6) is 0 Å². The molecule has 6 nitrogen and oxygen atoms in total. The van der Waals surface area contributed by atoms with Crippen LogP contribution < -0.4 is 4.57 Å². The van der Waals surface area contributed by atoms with Crippen molar-refractivity contribution in [3.8, 4) is 0 Å². The lowest BCUT2D eigenvalue weighted by molar-refractivity contribution is -0.693. The first-order valence-electron chi connectivity index (χ1n) is 4.79. The average molecular weight is 251 g/mol. The Hall–Kier alpha value is -0.680. The molecule has 0 bridgehead atoms. The highest BCUT2D eigenvalue weighted by atomic mass is 31.2. The van der Waals surface area contributed by atoms with E-state index in [1.54, 1.807) is 0 Å². The monoisotopic (exact) mass is 251 g/mol. The van der Waals surface area contributed by atoms with Crippen molar-refractivity contribution in [3.05, 3.63) is 18.7 Å². The molecule has 0 unspecified atom stereocenters. The summed E-state index contributed by atoms with van der Waals surface area (Å²) in [6, 6.07) is 0. The van der Waals surface area contributed by atoms with E-state index in [0.717, 1.165) is 6.54 Å². The molecule has 94 valence electrons. The van der Waals surface area contributed by atoms with Gasteiger partial charge >= 0.3 is 7.82 Å². The molecule has 1 aromatic heterocycles. The lowest BCUT2D eigenvalue weighted by Gasteiger charge is -2.08. The fourth-order valence-corrected chi connectivity index (χ4v) is 1.36. The van der Waals surface area contributed by atoms with Crippen LogP contribution in [0.4, 0.5) is 0 Å². The van der Waals surface area contributed by atoms with Gasteiger partial charge in [-0.05, 0) is 6.92 Å². The Balaban J connectivity index is 0.000000281. The number of phosphoric ester groups is 1. The zero-order chi connectivity index (χ0) is 12.6. The van der Waals surface area contributed by atoms with Crippen molar-refractivity contribution in [1.29, 1.82) is 0 Å². The van der Waals surface area contributed by atoms with Crippen molar-refractivity contribution in [1.82, 2.24) is 4.57 Å². The third-order valence-electron chi connectivity index (χ3n) is 1.86.